The van der Waals surface area contributed by atoms with Crippen LogP contribution in [0.3, 0.4) is 0 Å². The summed E-state index contributed by atoms with van der Waals surface area (Å²) in [5.41, 5.74) is 1.02. The van der Waals surface area contributed by atoms with Gasteiger partial charge in [0.1, 0.15) is 5.75 Å². The van der Waals surface area contributed by atoms with Gasteiger partial charge in [-0.2, -0.15) is 0 Å². The average molecular weight is 341 g/mol. The van der Waals surface area contributed by atoms with E-state index in [1.54, 1.807) is 37.6 Å². The number of amides is 2. The number of nitrogens with zero attached hydrogens (tertiary/aromatic N) is 3. The van der Waals surface area contributed by atoms with E-state index in [-0.39, 0.29) is 11.7 Å². The van der Waals surface area contributed by atoms with Crippen molar-refractivity contribution in [3.63, 3.8) is 0 Å². The fraction of sp³-hybridized carbons (Fsp3) is 0.235. The van der Waals surface area contributed by atoms with E-state index in [2.05, 4.69) is 15.7 Å². The molecule has 0 aliphatic carbocycles. The number of para-hydroxylation sites is 2. The van der Waals surface area contributed by atoms with Crippen LogP contribution < -0.4 is 21.1 Å². The molecule has 0 unspecified atom stereocenters. The van der Waals surface area contributed by atoms with Crippen molar-refractivity contribution >= 4 is 17.4 Å². The van der Waals surface area contributed by atoms with Crippen LogP contribution in [-0.2, 0) is 6.54 Å². The van der Waals surface area contributed by atoms with Gasteiger partial charge in [0.05, 0.1) is 12.8 Å². The molecule has 0 aliphatic rings. The third-order valence-corrected chi connectivity index (χ3v) is 3.68. The standard InChI is InChI=1S/C17H19N5O3/c1-25-14-8-3-2-7-13(14)19-16(23)18-10-6-12-22-17(24)21-11-5-4-9-15(21)20-22/h2-5,7-9,11H,6,10,12H2,1H3,(H2,18,19,23). The lowest BCUT2D eigenvalue weighted by molar-refractivity contribution is 0.251. The Labute approximate surface area is 144 Å². The van der Waals surface area contributed by atoms with Crippen molar-refractivity contribution in [2.45, 2.75) is 13.0 Å². The molecule has 2 amide bonds. The Kier molecular flexibility index (Phi) is 4.98. The third-order valence-electron chi connectivity index (χ3n) is 3.68. The van der Waals surface area contributed by atoms with Gasteiger partial charge in [0, 0.05) is 19.3 Å². The fourth-order valence-electron chi connectivity index (χ4n) is 2.46. The second-order valence-corrected chi connectivity index (χ2v) is 5.37. The van der Waals surface area contributed by atoms with E-state index in [9.17, 15) is 9.59 Å². The molecule has 1 aromatic carbocycles. The van der Waals surface area contributed by atoms with Crippen LogP contribution in [0, 0.1) is 0 Å². The number of pyridine rings is 1. The number of carbonyl (C=O) groups excluding carboxylic acids is 1. The number of urea groups is 1. The average Bonchev–Trinajstić information content (AvgIpc) is 2.95. The Morgan fingerprint density at radius 3 is 2.80 bits per heavy atom. The highest BCUT2D eigenvalue weighted by Crippen LogP contribution is 2.22. The SMILES string of the molecule is COc1ccccc1NC(=O)NCCCn1nc2ccccn2c1=O. The molecule has 0 atom stereocenters. The highest BCUT2D eigenvalue weighted by Gasteiger charge is 2.07. The summed E-state index contributed by atoms with van der Waals surface area (Å²) in [7, 11) is 1.55. The normalized spacial score (nSPS) is 10.6. The number of aryl methyl sites for hydroxylation is 1. The molecule has 0 radical (unpaired) electrons. The number of rotatable bonds is 6. The van der Waals surface area contributed by atoms with Crippen LogP contribution in [0.4, 0.5) is 10.5 Å². The summed E-state index contributed by atoms with van der Waals surface area (Å²) in [6.45, 7) is 0.844. The summed E-state index contributed by atoms with van der Waals surface area (Å²) in [4.78, 5) is 24.1. The van der Waals surface area contributed by atoms with Gasteiger partial charge in [-0.25, -0.2) is 14.3 Å². The molecule has 8 heteroatoms. The maximum atomic E-state index is 12.1. The Balaban J connectivity index is 1.50. The van der Waals surface area contributed by atoms with E-state index in [0.717, 1.165) is 0 Å². The zero-order valence-electron chi connectivity index (χ0n) is 13.8. The Hall–Kier alpha value is -3.29. The van der Waals surface area contributed by atoms with Crippen LogP contribution in [0.1, 0.15) is 6.42 Å². The number of hydrogen-bond acceptors (Lipinski definition) is 4. The van der Waals surface area contributed by atoms with Crippen LogP contribution in [0.5, 0.6) is 5.75 Å². The molecule has 0 aliphatic heterocycles. The molecule has 0 saturated carbocycles. The van der Waals surface area contributed by atoms with Crippen molar-refractivity contribution in [3.8, 4) is 5.75 Å². The van der Waals surface area contributed by atoms with Crippen LogP contribution in [0.2, 0.25) is 0 Å². The summed E-state index contributed by atoms with van der Waals surface area (Å²) in [6, 6.07) is 12.2. The first-order valence-corrected chi connectivity index (χ1v) is 7.91. The molecule has 2 heterocycles. The molecule has 3 rings (SSSR count). The minimum atomic E-state index is -0.327. The summed E-state index contributed by atoms with van der Waals surface area (Å²) in [5.74, 6) is 0.592. The number of carbonyl (C=O) groups is 1. The van der Waals surface area contributed by atoms with Gasteiger partial charge in [0.25, 0.3) is 0 Å². The second kappa shape index (κ2) is 7.52. The minimum Gasteiger partial charge on any atom is -0.495 e. The van der Waals surface area contributed by atoms with Crippen molar-refractivity contribution in [3.05, 3.63) is 59.1 Å². The van der Waals surface area contributed by atoms with Crippen LogP contribution >= 0.6 is 0 Å². The summed E-state index contributed by atoms with van der Waals surface area (Å²) in [6.07, 6.45) is 2.27. The number of ether oxygens (including phenoxy) is 1. The van der Waals surface area contributed by atoms with Gasteiger partial charge < -0.3 is 15.4 Å². The van der Waals surface area contributed by atoms with Gasteiger partial charge in [-0.1, -0.05) is 18.2 Å². The molecule has 0 spiro atoms. The predicted molar refractivity (Wildman–Crippen MR) is 94.1 cm³/mol. The number of nitrogens with one attached hydrogen (secondary N) is 2. The first-order valence-electron chi connectivity index (χ1n) is 7.91. The van der Waals surface area contributed by atoms with E-state index in [0.29, 0.717) is 36.6 Å². The molecule has 0 bridgehead atoms. The molecule has 0 fully saturated rings. The molecule has 2 N–H and O–H groups in total. The monoisotopic (exact) mass is 341 g/mol. The number of aromatic nitrogens is 3. The van der Waals surface area contributed by atoms with Crippen molar-refractivity contribution < 1.29 is 9.53 Å². The van der Waals surface area contributed by atoms with Crippen molar-refractivity contribution in [2.24, 2.45) is 0 Å². The molecule has 130 valence electrons. The van der Waals surface area contributed by atoms with Gasteiger partial charge in [0.2, 0.25) is 0 Å². The van der Waals surface area contributed by atoms with Crippen LogP contribution in [0.25, 0.3) is 5.65 Å². The zero-order chi connectivity index (χ0) is 17.6. The second-order valence-electron chi connectivity index (χ2n) is 5.37. The van der Waals surface area contributed by atoms with Crippen molar-refractivity contribution in [1.29, 1.82) is 0 Å². The fourth-order valence-corrected chi connectivity index (χ4v) is 2.46. The predicted octanol–water partition coefficient (Wildman–Crippen LogP) is 1.72. The number of anilines is 1. The topological polar surface area (TPSA) is 89.7 Å². The molecule has 25 heavy (non-hydrogen) atoms. The molecule has 8 nitrogen and oxygen atoms in total. The van der Waals surface area contributed by atoms with Gasteiger partial charge in [0.15, 0.2) is 5.65 Å². The Morgan fingerprint density at radius 2 is 2.00 bits per heavy atom. The van der Waals surface area contributed by atoms with E-state index in [1.807, 2.05) is 18.2 Å². The Morgan fingerprint density at radius 1 is 1.20 bits per heavy atom. The third kappa shape index (κ3) is 3.79. The summed E-state index contributed by atoms with van der Waals surface area (Å²) < 4.78 is 8.07. The van der Waals surface area contributed by atoms with Crippen LogP contribution in [-0.4, -0.2) is 33.9 Å². The van der Waals surface area contributed by atoms with E-state index in [1.165, 1.54) is 9.08 Å². The van der Waals surface area contributed by atoms with Crippen LogP contribution in [0.15, 0.2) is 53.5 Å². The lowest BCUT2D eigenvalue weighted by atomic mass is 10.3. The lowest BCUT2D eigenvalue weighted by Crippen LogP contribution is -2.31. The molecule has 2 aromatic heterocycles. The maximum absolute atomic E-state index is 12.1. The summed E-state index contributed by atoms with van der Waals surface area (Å²) >= 11 is 0. The smallest absolute Gasteiger partial charge is 0.350 e. The van der Waals surface area contributed by atoms with Gasteiger partial charge in [-0.15, -0.1) is 5.10 Å². The van der Waals surface area contributed by atoms with Gasteiger partial charge >= 0.3 is 11.7 Å². The number of methoxy groups -OCH3 is 1. The first-order chi connectivity index (χ1) is 12.2. The van der Waals surface area contributed by atoms with E-state index in [4.69, 9.17) is 4.74 Å². The summed E-state index contributed by atoms with van der Waals surface area (Å²) in [5, 5.41) is 9.72. The lowest BCUT2D eigenvalue weighted by Gasteiger charge is -2.10. The highest BCUT2D eigenvalue weighted by molar-refractivity contribution is 5.90. The molecule has 0 saturated heterocycles. The largest absolute Gasteiger partial charge is 0.495 e. The highest BCUT2D eigenvalue weighted by atomic mass is 16.5. The van der Waals surface area contributed by atoms with Crippen molar-refractivity contribution in [1.82, 2.24) is 19.5 Å². The molecular weight excluding hydrogens is 322 g/mol. The molecular formula is C17H19N5O3. The van der Waals surface area contributed by atoms with Gasteiger partial charge in [-0.3, -0.25) is 4.40 Å². The first kappa shape index (κ1) is 16.6. The van der Waals surface area contributed by atoms with Gasteiger partial charge in [-0.05, 0) is 30.7 Å². The molecule has 3 aromatic rings. The van der Waals surface area contributed by atoms with Crippen molar-refractivity contribution in [2.75, 3.05) is 19.0 Å². The number of hydrogen-bond donors (Lipinski definition) is 2. The number of benzene rings is 1. The van der Waals surface area contributed by atoms with E-state index < -0.39 is 0 Å². The zero-order valence-corrected chi connectivity index (χ0v) is 13.8. The number of fused-ring (bicyclic) bond motifs is 1. The Bertz CT molecular complexity index is 931. The quantitative estimate of drug-likeness (QED) is 0.668. The maximum Gasteiger partial charge on any atom is 0.350 e. The van der Waals surface area contributed by atoms with E-state index >= 15 is 0 Å². The minimum absolute atomic E-state index is 0.186.